The Kier molecular flexibility index (Phi) is 8.36. The van der Waals surface area contributed by atoms with Gasteiger partial charge >= 0.3 is 11.9 Å². The highest BCUT2D eigenvalue weighted by molar-refractivity contribution is 6.37. The molecule has 0 unspecified atom stereocenters. The van der Waals surface area contributed by atoms with Crippen LogP contribution in [0.1, 0.15) is 73.4 Å². The fourth-order valence-corrected chi connectivity index (χ4v) is 4.49. The van der Waals surface area contributed by atoms with Crippen molar-refractivity contribution in [2.75, 3.05) is 0 Å². The zero-order valence-electron chi connectivity index (χ0n) is 20.8. The van der Waals surface area contributed by atoms with Crippen molar-refractivity contribution in [3.05, 3.63) is 90.9 Å². The van der Waals surface area contributed by atoms with E-state index in [1.54, 1.807) is 24.3 Å². The lowest BCUT2D eigenvalue weighted by molar-refractivity contribution is 0.0714. The van der Waals surface area contributed by atoms with Crippen molar-refractivity contribution in [2.24, 2.45) is 0 Å². The number of hydrogen-bond acceptors (Lipinski definition) is 4. The van der Waals surface area contributed by atoms with Gasteiger partial charge in [0, 0.05) is 21.2 Å². The standard InChI is InChI=1S/C28H26Cl4O4/c1-27(2,3)19-13-24(36-26(34)18-10-8-16(30)12-22(18)32)20(28(4,5)6)14-23(19)35-25(33)17-9-7-15(29)11-21(17)31/h7-14H,1-6H3. The number of carbonyl (C=O) groups excluding carboxylic acids is 2. The second-order valence-electron chi connectivity index (χ2n) is 10.4. The SMILES string of the molecule is CC(C)(C)c1cc(OC(=O)c2ccc(Cl)cc2Cl)c(C(C)(C)C)cc1OC(=O)c1ccc(Cl)cc1Cl. The summed E-state index contributed by atoms with van der Waals surface area (Å²) in [7, 11) is 0. The van der Waals surface area contributed by atoms with Crippen LogP contribution in [-0.2, 0) is 10.8 Å². The molecule has 0 fully saturated rings. The molecule has 0 heterocycles. The van der Waals surface area contributed by atoms with E-state index in [1.807, 2.05) is 41.5 Å². The van der Waals surface area contributed by atoms with Gasteiger partial charge in [0.2, 0.25) is 0 Å². The van der Waals surface area contributed by atoms with Gasteiger partial charge in [0.15, 0.2) is 0 Å². The topological polar surface area (TPSA) is 52.6 Å². The number of carbonyl (C=O) groups is 2. The first kappa shape index (κ1) is 28.3. The first-order chi connectivity index (χ1) is 16.6. The fourth-order valence-electron chi connectivity index (χ4n) is 3.52. The Morgan fingerprint density at radius 1 is 0.583 bits per heavy atom. The molecule has 0 spiro atoms. The largest absolute Gasteiger partial charge is 0.423 e. The molecule has 0 aromatic heterocycles. The maximum Gasteiger partial charge on any atom is 0.345 e. The molecular weight excluding hydrogens is 542 g/mol. The highest BCUT2D eigenvalue weighted by Crippen LogP contribution is 2.42. The Morgan fingerprint density at radius 3 is 1.19 bits per heavy atom. The van der Waals surface area contributed by atoms with Crippen molar-refractivity contribution in [3.8, 4) is 11.5 Å². The van der Waals surface area contributed by atoms with Crippen molar-refractivity contribution in [3.63, 3.8) is 0 Å². The van der Waals surface area contributed by atoms with Crippen LogP contribution in [0.15, 0.2) is 48.5 Å². The molecule has 8 heteroatoms. The fraction of sp³-hybridized carbons (Fsp3) is 0.286. The van der Waals surface area contributed by atoms with Gasteiger partial charge in [-0.1, -0.05) is 87.9 Å². The predicted octanol–water partition coefficient (Wildman–Crippen LogP) is 9.33. The van der Waals surface area contributed by atoms with Crippen LogP contribution in [0, 0.1) is 0 Å². The Hall–Kier alpha value is -2.24. The zero-order chi connectivity index (χ0) is 27.0. The summed E-state index contributed by atoms with van der Waals surface area (Å²) in [5.74, 6) is -0.569. The lowest BCUT2D eigenvalue weighted by Gasteiger charge is -2.28. The second kappa shape index (κ2) is 10.6. The van der Waals surface area contributed by atoms with E-state index >= 15 is 0 Å². The molecule has 0 aliphatic heterocycles. The molecule has 0 amide bonds. The lowest BCUT2D eigenvalue weighted by Crippen LogP contribution is -2.21. The minimum Gasteiger partial charge on any atom is -0.423 e. The van der Waals surface area contributed by atoms with Crippen LogP contribution < -0.4 is 9.47 Å². The van der Waals surface area contributed by atoms with Crippen molar-refractivity contribution in [2.45, 2.75) is 52.4 Å². The first-order valence-electron chi connectivity index (χ1n) is 11.1. The molecule has 0 radical (unpaired) electrons. The molecule has 0 aliphatic carbocycles. The first-order valence-corrected chi connectivity index (χ1v) is 12.6. The maximum absolute atomic E-state index is 13.0. The lowest BCUT2D eigenvalue weighted by atomic mass is 9.81. The third-order valence-electron chi connectivity index (χ3n) is 5.41. The molecular formula is C28H26Cl4O4. The van der Waals surface area contributed by atoms with Crippen LogP contribution in [0.4, 0.5) is 0 Å². The molecule has 190 valence electrons. The Labute approximate surface area is 231 Å². The van der Waals surface area contributed by atoms with Crippen molar-refractivity contribution in [1.82, 2.24) is 0 Å². The van der Waals surface area contributed by atoms with Gasteiger partial charge in [0.25, 0.3) is 0 Å². The van der Waals surface area contributed by atoms with Gasteiger partial charge in [-0.25, -0.2) is 9.59 Å². The molecule has 0 atom stereocenters. The smallest absolute Gasteiger partial charge is 0.345 e. The summed E-state index contributed by atoms with van der Waals surface area (Å²) in [4.78, 5) is 26.1. The number of rotatable bonds is 4. The molecule has 0 saturated carbocycles. The monoisotopic (exact) mass is 566 g/mol. The molecule has 3 aromatic carbocycles. The molecule has 3 aromatic rings. The number of ether oxygens (including phenoxy) is 2. The summed E-state index contributed by atoms with van der Waals surface area (Å²) in [5.41, 5.74) is 0.777. The summed E-state index contributed by atoms with van der Waals surface area (Å²) < 4.78 is 11.7. The van der Waals surface area contributed by atoms with Gasteiger partial charge < -0.3 is 9.47 Å². The summed E-state index contributed by atoms with van der Waals surface area (Å²) in [6.45, 7) is 11.8. The van der Waals surface area contributed by atoms with Crippen LogP contribution in [0.25, 0.3) is 0 Å². The van der Waals surface area contributed by atoms with Crippen LogP contribution in [-0.4, -0.2) is 11.9 Å². The highest BCUT2D eigenvalue weighted by Gasteiger charge is 2.29. The van der Waals surface area contributed by atoms with Crippen molar-refractivity contribution < 1.29 is 19.1 Å². The van der Waals surface area contributed by atoms with Crippen molar-refractivity contribution >= 4 is 58.3 Å². The molecule has 0 N–H and O–H groups in total. The predicted molar refractivity (Wildman–Crippen MR) is 147 cm³/mol. The van der Waals surface area contributed by atoms with Crippen LogP contribution in [0.3, 0.4) is 0 Å². The average molecular weight is 568 g/mol. The van der Waals surface area contributed by atoms with Crippen molar-refractivity contribution in [1.29, 1.82) is 0 Å². The summed E-state index contributed by atoms with van der Waals surface area (Å²) in [6, 6.07) is 12.6. The minimum absolute atomic E-state index is 0.186. The number of esters is 2. The van der Waals surface area contributed by atoms with Crippen LogP contribution in [0.2, 0.25) is 20.1 Å². The Bertz CT molecular complexity index is 1230. The van der Waals surface area contributed by atoms with Crippen LogP contribution >= 0.6 is 46.4 Å². The zero-order valence-corrected chi connectivity index (χ0v) is 23.8. The molecule has 0 saturated heterocycles. The Morgan fingerprint density at radius 2 is 0.917 bits per heavy atom. The molecule has 0 aliphatic rings. The molecule has 3 rings (SSSR count). The number of hydrogen-bond donors (Lipinski definition) is 0. The Balaban J connectivity index is 2.10. The third-order valence-corrected chi connectivity index (χ3v) is 6.50. The van der Waals surface area contributed by atoms with Gasteiger partial charge in [-0.3, -0.25) is 0 Å². The minimum atomic E-state index is -0.625. The molecule has 4 nitrogen and oxygen atoms in total. The van der Waals surface area contributed by atoms with Gasteiger partial charge in [-0.05, 0) is 59.4 Å². The second-order valence-corrected chi connectivity index (χ2v) is 12.1. The van der Waals surface area contributed by atoms with E-state index in [0.29, 0.717) is 32.7 Å². The molecule has 36 heavy (non-hydrogen) atoms. The maximum atomic E-state index is 13.0. The number of benzene rings is 3. The van der Waals surface area contributed by atoms with Gasteiger partial charge in [-0.2, -0.15) is 0 Å². The van der Waals surface area contributed by atoms with E-state index in [0.717, 1.165) is 0 Å². The third kappa shape index (κ3) is 6.54. The highest BCUT2D eigenvalue weighted by atomic mass is 35.5. The number of halogens is 4. The summed E-state index contributed by atoms with van der Waals surface area (Å²) >= 11 is 24.4. The van der Waals surface area contributed by atoms with Gasteiger partial charge in [0.05, 0.1) is 21.2 Å². The average Bonchev–Trinajstić information content (AvgIpc) is 2.72. The van der Waals surface area contributed by atoms with Crippen LogP contribution in [0.5, 0.6) is 11.5 Å². The normalized spacial score (nSPS) is 11.8. The molecule has 0 bridgehead atoms. The van der Waals surface area contributed by atoms with E-state index in [1.165, 1.54) is 24.3 Å². The van der Waals surface area contributed by atoms with E-state index in [9.17, 15) is 9.59 Å². The van der Waals surface area contributed by atoms with Gasteiger partial charge in [-0.15, -0.1) is 0 Å². The van der Waals surface area contributed by atoms with Gasteiger partial charge in [0.1, 0.15) is 11.5 Å². The van der Waals surface area contributed by atoms with E-state index < -0.39 is 22.8 Å². The summed E-state index contributed by atoms with van der Waals surface area (Å²) in [6.07, 6.45) is 0. The van der Waals surface area contributed by atoms with E-state index in [4.69, 9.17) is 55.9 Å². The quantitative estimate of drug-likeness (QED) is 0.233. The summed E-state index contributed by atoms with van der Waals surface area (Å²) in [5, 5.41) is 1.19. The van der Waals surface area contributed by atoms with E-state index in [-0.39, 0.29) is 21.2 Å². The van der Waals surface area contributed by atoms with E-state index in [2.05, 4.69) is 0 Å².